The largest absolute Gasteiger partial charge is 0.466 e. The van der Waals surface area contributed by atoms with E-state index in [2.05, 4.69) is 10.2 Å². The number of sulfonamides is 1. The number of esters is 1. The van der Waals surface area contributed by atoms with Crippen LogP contribution in [0.1, 0.15) is 18.4 Å². The minimum Gasteiger partial charge on any atom is -0.466 e. The Hall–Kier alpha value is -2.65. The van der Waals surface area contributed by atoms with E-state index in [-0.39, 0.29) is 23.2 Å². The van der Waals surface area contributed by atoms with Crippen LogP contribution in [-0.2, 0) is 30.8 Å². The first-order valence-corrected chi connectivity index (χ1v) is 11.0. The van der Waals surface area contributed by atoms with E-state index in [1.165, 1.54) is 11.4 Å². The number of rotatable bonds is 4. The predicted molar refractivity (Wildman–Crippen MR) is 107 cm³/mol. The number of benzene rings is 1. The van der Waals surface area contributed by atoms with Crippen molar-refractivity contribution < 1.29 is 22.7 Å². The highest BCUT2D eigenvalue weighted by molar-refractivity contribution is 7.89. The van der Waals surface area contributed by atoms with E-state index in [0.29, 0.717) is 43.9 Å². The molecule has 1 fully saturated rings. The van der Waals surface area contributed by atoms with Gasteiger partial charge in [-0.25, -0.2) is 13.2 Å². The average Bonchev–Trinajstić information content (AvgIpc) is 3.12. The van der Waals surface area contributed by atoms with Crippen molar-refractivity contribution in [3.63, 3.8) is 0 Å². The van der Waals surface area contributed by atoms with Gasteiger partial charge in [-0.3, -0.25) is 4.79 Å². The fourth-order valence-corrected chi connectivity index (χ4v) is 5.40. The molecule has 1 aliphatic carbocycles. The number of anilines is 1. The molecule has 0 saturated carbocycles. The number of nitrogens with zero attached hydrogens (tertiary/aromatic N) is 2. The fourth-order valence-electron chi connectivity index (χ4n) is 3.92. The minimum absolute atomic E-state index is 0.117. The lowest BCUT2D eigenvalue weighted by atomic mass is 10.0. The quantitative estimate of drug-likeness (QED) is 0.741. The maximum absolute atomic E-state index is 13.0. The van der Waals surface area contributed by atoms with E-state index < -0.39 is 10.0 Å². The summed E-state index contributed by atoms with van der Waals surface area (Å²) < 4.78 is 32.3. The normalized spacial score (nSPS) is 19.9. The number of carbonyl (C=O) groups excluding carboxylic acids is 2. The van der Waals surface area contributed by atoms with E-state index >= 15 is 0 Å². The van der Waals surface area contributed by atoms with Crippen LogP contribution in [0, 0.1) is 0 Å². The van der Waals surface area contributed by atoms with Gasteiger partial charge >= 0.3 is 5.97 Å². The van der Waals surface area contributed by atoms with Crippen molar-refractivity contribution in [2.45, 2.75) is 24.2 Å². The third kappa shape index (κ3) is 3.79. The van der Waals surface area contributed by atoms with E-state index in [1.807, 2.05) is 6.08 Å². The van der Waals surface area contributed by atoms with Crippen molar-refractivity contribution in [3.05, 3.63) is 47.2 Å². The Morgan fingerprint density at radius 3 is 2.52 bits per heavy atom. The van der Waals surface area contributed by atoms with Crippen molar-refractivity contribution in [2.75, 3.05) is 38.6 Å². The first-order valence-electron chi connectivity index (χ1n) is 9.54. The topological polar surface area (TPSA) is 96.0 Å². The molecule has 1 aromatic rings. The molecule has 1 N–H and O–H groups in total. The zero-order valence-electron chi connectivity index (χ0n) is 16.2. The van der Waals surface area contributed by atoms with Crippen LogP contribution >= 0.6 is 0 Å². The van der Waals surface area contributed by atoms with Gasteiger partial charge in [-0.05, 0) is 42.7 Å². The molecule has 0 atom stereocenters. The van der Waals surface area contributed by atoms with Crippen LogP contribution in [0.15, 0.2) is 46.5 Å². The van der Waals surface area contributed by atoms with Gasteiger partial charge in [-0.1, -0.05) is 6.08 Å². The molecule has 1 aromatic carbocycles. The van der Waals surface area contributed by atoms with Gasteiger partial charge in [0.25, 0.3) is 0 Å². The maximum atomic E-state index is 13.0. The molecule has 2 heterocycles. The van der Waals surface area contributed by atoms with Crippen molar-refractivity contribution in [3.8, 4) is 0 Å². The molecule has 3 aliphatic rings. The van der Waals surface area contributed by atoms with Crippen LogP contribution in [0.2, 0.25) is 0 Å². The van der Waals surface area contributed by atoms with Crippen LogP contribution in [0.5, 0.6) is 0 Å². The van der Waals surface area contributed by atoms with Gasteiger partial charge in [-0.2, -0.15) is 4.31 Å². The van der Waals surface area contributed by atoms with E-state index in [4.69, 9.17) is 4.74 Å². The van der Waals surface area contributed by atoms with Crippen LogP contribution < -0.4 is 5.32 Å². The molecule has 29 heavy (non-hydrogen) atoms. The Labute approximate surface area is 169 Å². The van der Waals surface area contributed by atoms with Crippen LogP contribution in [0.3, 0.4) is 0 Å². The van der Waals surface area contributed by atoms with Gasteiger partial charge in [0.05, 0.1) is 18.4 Å². The molecule has 1 amide bonds. The lowest BCUT2D eigenvalue weighted by molar-refractivity contribution is -0.136. The predicted octanol–water partition coefficient (Wildman–Crippen LogP) is 1.26. The minimum atomic E-state index is -3.60. The van der Waals surface area contributed by atoms with Gasteiger partial charge in [0.1, 0.15) is 0 Å². The van der Waals surface area contributed by atoms with Crippen LogP contribution in [-0.4, -0.2) is 62.8 Å². The van der Waals surface area contributed by atoms with Gasteiger partial charge in [-0.15, -0.1) is 0 Å². The smallest absolute Gasteiger partial charge is 0.333 e. The molecular weight excluding hydrogens is 394 g/mol. The van der Waals surface area contributed by atoms with Gasteiger partial charge < -0.3 is 15.0 Å². The second-order valence-electron chi connectivity index (χ2n) is 7.28. The molecule has 9 heteroatoms. The summed E-state index contributed by atoms with van der Waals surface area (Å²) in [5, 5.41) is 2.72. The summed E-state index contributed by atoms with van der Waals surface area (Å²) in [5.74, 6) is -0.421. The standard InChI is InChI=1S/C20H23N3O5S/c1-28-20(25)14-2-4-16(5-3-14)22-8-10-23(11-9-22)29(26,27)17-6-7-18-15(12-17)13-19(24)21-18/h2,4,6-7,12H,3,5,8-11,13H2,1H3,(H,21,24). The highest BCUT2D eigenvalue weighted by atomic mass is 32.2. The third-order valence-corrected chi connectivity index (χ3v) is 7.45. The number of ether oxygens (including phenoxy) is 1. The molecule has 8 nitrogen and oxygen atoms in total. The van der Waals surface area contributed by atoms with Gasteiger partial charge in [0.2, 0.25) is 15.9 Å². The van der Waals surface area contributed by atoms with Crippen molar-refractivity contribution in [1.29, 1.82) is 0 Å². The number of carbonyl (C=O) groups is 2. The third-order valence-electron chi connectivity index (χ3n) is 5.56. The van der Waals surface area contributed by atoms with Crippen molar-refractivity contribution in [1.82, 2.24) is 9.21 Å². The highest BCUT2D eigenvalue weighted by Gasteiger charge is 2.31. The Morgan fingerprint density at radius 1 is 1.10 bits per heavy atom. The Balaban J connectivity index is 1.43. The van der Waals surface area contributed by atoms with Crippen LogP contribution in [0.4, 0.5) is 5.69 Å². The lowest BCUT2D eigenvalue weighted by Crippen LogP contribution is -2.48. The summed E-state index contributed by atoms with van der Waals surface area (Å²) in [4.78, 5) is 25.5. The first kappa shape index (κ1) is 19.7. The number of fused-ring (bicyclic) bond motifs is 1. The molecule has 4 rings (SSSR count). The number of hydrogen-bond donors (Lipinski definition) is 1. The lowest BCUT2D eigenvalue weighted by Gasteiger charge is -2.37. The van der Waals surface area contributed by atoms with Gasteiger partial charge in [0.15, 0.2) is 0 Å². The number of nitrogens with one attached hydrogen (secondary N) is 1. The van der Waals surface area contributed by atoms with Gasteiger partial charge in [0, 0.05) is 43.1 Å². The first-order chi connectivity index (χ1) is 13.9. The summed E-state index contributed by atoms with van der Waals surface area (Å²) >= 11 is 0. The van der Waals surface area contributed by atoms with Crippen molar-refractivity contribution >= 4 is 27.6 Å². The Morgan fingerprint density at radius 2 is 1.86 bits per heavy atom. The maximum Gasteiger partial charge on any atom is 0.333 e. The van der Waals surface area contributed by atoms with E-state index in [0.717, 1.165) is 17.7 Å². The van der Waals surface area contributed by atoms with Crippen molar-refractivity contribution in [2.24, 2.45) is 0 Å². The summed E-state index contributed by atoms with van der Waals surface area (Å²) in [6, 6.07) is 4.80. The Kier molecular flexibility index (Phi) is 5.18. The average molecular weight is 417 g/mol. The highest BCUT2D eigenvalue weighted by Crippen LogP contribution is 2.29. The SMILES string of the molecule is COC(=O)C1=CC=C(N2CCN(S(=O)(=O)c3ccc4c(c3)CC(=O)N4)CC2)CC1. The molecular formula is C20H23N3O5S. The van der Waals surface area contributed by atoms with Crippen LogP contribution in [0.25, 0.3) is 0 Å². The number of allylic oxidation sites excluding steroid dienone is 3. The number of amides is 1. The van der Waals surface area contributed by atoms with E-state index in [1.54, 1.807) is 24.3 Å². The fraction of sp³-hybridized carbons (Fsp3) is 0.400. The summed E-state index contributed by atoms with van der Waals surface area (Å²) in [5.41, 5.74) is 3.16. The molecule has 0 unspecified atom stereocenters. The molecule has 1 saturated heterocycles. The molecule has 0 spiro atoms. The molecule has 154 valence electrons. The molecule has 0 bridgehead atoms. The zero-order chi connectivity index (χ0) is 20.6. The van der Waals surface area contributed by atoms with E-state index in [9.17, 15) is 18.0 Å². The summed E-state index contributed by atoms with van der Waals surface area (Å²) in [6.07, 6.45) is 5.28. The number of methoxy groups -OCH3 is 1. The summed E-state index contributed by atoms with van der Waals surface area (Å²) in [7, 11) is -2.23. The second kappa shape index (κ2) is 7.64. The summed E-state index contributed by atoms with van der Waals surface area (Å²) in [6.45, 7) is 1.97. The molecule has 0 radical (unpaired) electrons. The second-order valence-corrected chi connectivity index (χ2v) is 9.21. The monoisotopic (exact) mass is 417 g/mol. The molecule has 0 aromatic heterocycles. The molecule has 2 aliphatic heterocycles. The zero-order valence-corrected chi connectivity index (χ0v) is 17.0. The Bertz CT molecular complexity index is 1020. The number of hydrogen-bond acceptors (Lipinski definition) is 6. The number of piperazine rings is 1.